The number of hydrogen-bond acceptors (Lipinski definition) is 6. The van der Waals surface area contributed by atoms with Gasteiger partial charge in [-0.3, -0.25) is 14.4 Å². The Morgan fingerprint density at radius 3 is 2.12 bits per heavy atom. The molecule has 0 radical (unpaired) electrons. The van der Waals surface area contributed by atoms with Crippen molar-refractivity contribution in [2.75, 3.05) is 6.54 Å². The van der Waals surface area contributed by atoms with Crippen LogP contribution in [0.1, 0.15) is 59.3 Å². The van der Waals surface area contributed by atoms with Gasteiger partial charge in [0.15, 0.2) is 5.78 Å². The van der Waals surface area contributed by atoms with Gasteiger partial charge in [0.05, 0.1) is 6.10 Å². The molecule has 7 nitrogen and oxygen atoms in total. The van der Waals surface area contributed by atoms with E-state index in [1.54, 1.807) is 13.8 Å². The minimum atomic E-state index is -1.19. The minimum absolute atomic E-state index is 0.0356. The molecule has 2 unspecified atom stereocenters. The quantitative estimate of drug-likeness (QED) is 0.444. The zero-order valence-corrected chi connectivity index (χ0v) is 16.1. The fourth-order valence-electron chi connectivity index (χ4n) is 3.51. The third-order valence-corrected chi connectivity index (χ3v) is 5.20. The molecule has 150 valence electrons. The largest absolute Gasteiger partial charge is 0.391 e. The Morgan fingerprint density at radius 1 is 1.08 bits per heavy atom. The van der Waals surface area contributed by atoms with Gasteiger partial charge in [-0.05, 0) is 25.7 Å². The van der Waals surface area contributed by atoms with Crippen LogP contribution < -0.4 is 11.1 Å². The van der Waals surface area contributed by atoms with E-state index in [1.165, 1.54) is 6.92 Å². The number of amides is 1. The summed E-state index contributed by atoms with van der Waals surface area (Å²) in [6.07, 6.45) is 2.16. The number of ketones is 2. The summed E-state index contributed by atoms with van der Waals surface area (Å²) in [6.45, 7) is 4.92. The van der Waals surface area contributed by atoms with E-state index in [9.17, 15) is 24.6 Å². The molecule has 26 heavy (non-hydrogen) atoms. The van der Waals surface area contributed by atoms with Crippen LogP contribution in [0.25, 0.3) is 0 Å². The van der Waals surface area contributed by atoms with E-state index in [4.69, 9.17) is 5.73 Å². The third kappa shape index (κ3) is 6.45. The standard InChI is InChI=1S/C19H34N2O5/c1-11(2)17(24)14(10-20)9-15(23)16(12(3)22)21-19(26)18(25)13-7-5-4-6-8-13/h11-14,16,18,22,25H,4-10,20H2,1-3H3,(H,21,26)/t12?,14-,16-,18?/m0/s1. The van der Waals surface area contributed by atoms with Crippen LogP contribution in [0.2, 0.25) is 0 Å². The van der Waals surface area contributed by atoms with E-state index in [0.29, 0.717) is 0 Å². The van der Waals surface area contributed by atoms with Crippen molar-refractivity contribution in [3.05, 3.63) is 0 Å². The predicted molar refractivity (Wildman–Crippen MR) is 98.2 cm³/mol. The number of carbonyl (C=O) groups excluding carboxylic acids is 3. The number of Topliss-reactive ketones (excluding diaryl/α,β-unsaturated/α-hetero) is 2. The van der Waals surface area contributed by atoms with Gasteiger partial charge in [-0.25, -0.2) is 0 Å². The van der Waals surface area contributed by atoms with E-state index in [2.05, 4.69) is 5.32 Å². The van der Waals surface area contributed by atoms with Crippen LogP contribution in [0.5, 0.6) is 0 Å². The molecule has 0 aromatic heterocycles. The van der Waals surface area contributed by atoms with Crippen molar-refractivity contribution < 1.29 is 24.6 Å². The van der Waals surface area contributed by atoms with Gasteiger partial charge in [-0.1, -0.05) is 33.1 Å². The van der Waals surface area contributed by atoms with Crippen molar-refractivity contribution in [2.45, 2.75) is 77.5 Å². The van der Waals surface area contributed by atoms with Gasteiger partial charge < -0.3 is 21.3 Å². The number of nitrogens with one attached hydrogen (secondary N) is 1. The summed E-state index contributed by atoms with van der Waals surface area (Å²) in [4.78, 5) is 37.0. The summed E-state index contributed by atoms with van der Waals surface area (Å²) < 4.78 is 0. The molecule has 1 fully saturated rings. The van der Waals surface area contributed by atoms with Crippen LogP contribution in [0.15, 0.2) is 0 Å². The van der Waals surface area contributed by atoms with Crippen LogP contribution in [-0.2, 0) is 14.4 Å². The highest BCUT2D eigenvalue weighted by Crippen LogP contribution is 2.26. The van der Waals surface area contributed by atoms with Crippen LogP contribution in [-0.4, -0.2) is 52.5 Å². The Labute approximate surface area is 155 Å². The van der Waals surface area contributed by atoms with Gasteiger partial charge in [0.25, 0.3) is 0 Å². The second-order valence-electron chi connectivity index (χ2n) is 7.73. The Hall–Kier alpha value is -1.31. The Kier molecular flexibility index (Phi) is 9.39. The van der Waals surface area contributed by atoms with Crippen molar-refractivity contribution in [1.82, 2.24) is 5.32 Å². The summed E-state index contributed by atoms with van der Waals surface area (Å²) in [5.41, 5.74) is 5.62. The predicted octanol–water partition coefficient (Wildman–Crippen LogP) is 0.552. The van der Waals surface area contributed by atoms with Gasteiger partial charge >= 0.3 is 0 Å². The number of hydrogen-bond donors (Lipinski definition) is 4. The van der Waals surface area contributed by atoms with Crippen LogP contribution in [0.3, 0.4) is 0 Å². The minimum Gasteiger partial charge on any atom is -0.391 e. The highest BCUT2D eigenvalue weighted by atomic mass is 16.3. The number of carbonyl (C=O) groups is 3. The average Bonchev–Trinajstić information content (AvgIpc) is 2.62. The first kappa shape index (κ1) is 22.7. The maximum Gasteiger partial charge on any atom is 0.249 e. The highest BCUT2D eigenvalue weighted by Gasteiger charge is 2.34. The SMILES string of the molecule is CC(C)C(=O)[C@H](CN)CC(=O)[C@@H](NC(=O)C(O)C1CCCCC1)C(C)O. The molecule has 0 heterocycles. The van der Waals surface area contributed by atoms with Crippen molar-refractivity contribution in [1.29, 1.82) is 0 Å². The van der Waals surface area contributed by atoms with E-state index >= 15 is 0 Å². The maximum absolute atomic E-state index is 12.6. The molecule has 1 rings (SSSR count). The zero-order valence-electron chi connectivity index (χ0n) is 16.1. The Bertz CT molecular complexity index is 486. The van der Waals surface area contributed by atoms with E-state index in [0.717, 1.165) is 32.1 Å². The molecular weight excluding hydrogens is 336 g/mol. The molecule has 1 amide bonds. The fourth-order valence-corrected chi connectivity index (χ4v) is 3.51. The summed E-state index contributed by atoms with van der Waals surface area (Å²) in [5.74, 6) is -2.20. The molecule has 0 aliphatic heterocycles. The zero-order chi connectivity index (χ0) is 19.9. The first-order valence-electron chi connectivity index (χ1n) is 9.62. The number of aliphatic hydroxyl groups excluding tert-OH is 2. The lowest BCUT2D eigenvalue weighted by Crippen LogP contribution is -2.53. The molecule has 1 aliphatic rings. The van der Waals surface area contributed by atoms with E-state index < -0.39 is 35.9 Å². The monoisotopic (exact) mass is 370 g/mol. The Morgan fingerprint density at radius 2 is 1.65 bits per heavy atom. The van der Waals surface area contributed by atoms with Gasteiger partial charge in [0.2, 0.25) is 5.91 Å². The summed E-state index contributed by atoms with van der Waals surface area (Å²) in [7, 11) is 0. The summed E-state index contributed by atoms with van der Waals surface area (Å²) in [5, 5.41) is 22.7. The van der Waals surface area contributed by atoms with Crippen molar-refractivity contribution in [2.24, 2.45) is 23.5 Å². The molecular formula is C19H34N2O5. The summed E-state index contributed by atoms with van der Waals surface area (Å²) in [6, 6.07) is -1.16. The summed E-state index contributed by atoms with van der Waals surface area (Å²) >= 11 is 0. The fraction of sp³-hybridized carbons (Fsp3) is 0.842. The molecule has 1 aliphatic carbocycles. The molecule has 5 N–H and O–H groups in total. The second-order valence-corrected chi connectivity index (χ2v) is 7.73. The van der Waals surface area contributed by atoms with Gasteiger partial charge in [-0.2, -0.15) is 0 Å². The lowest BCUT2D eigenvalue weighted by atomic mass is 9.84. The molecule has 0 saturated heterocycles. The number of aliphatic hydroxyl groups is 2. The van der Waals surface area contributed by atoms with Gasteiger partial charge in [-0.15, -0.1) is 0 Å². The van der Waals surface area contributed by atoms with Crippen LogP contribution in [0, 0.1) is 17.8 Å². The highest BCUT2D eigenvalue weighted by molar-refractivity contribution is 5.94. The van der Waals surface area contributed by atoms with Crippen molar-refractivity contribution in [3.63, 3.8) is 0 Å². The topological polar surface area (TPSA) is 130 Å². The molecule has 7 heteroatoms. The molecule has 0 aromatic carbocycles. The molecule has 1 saturated carbocycles. The number of nitrogens with two attached hydrogens (primary N) is 1. The lowest BCUT2D eigenvalue weighted by Gasteiger charge is -2.28. The van der Waals surface area contributed by atoms with E-state index in [1.807, 2.05) is 0 Å². The first-order chi connectivity index (χ1) is 12.2. The second kappa shape index (κ2) is 10.7. The molecule has 0 spiro atoms. The first-order valence-corrected chi connectivity index (χ1v) is 9.62. The lowest BCUT2D eigenvalue weighted by molar-refractivity contribution is -0.138. The Balaban J connectivity index is 2.73. The van der Waals surface area contributed by atoms with Gasteiger partial charge in [0, 0.05) is 24.8 Å². The van der Waals surface area contributed by atoms with Crippen molar-refractivity contribution in [3.8, 4) is 0 Å². The molecule has 0 bridgehead atoms. The van der Waals surface area contributed by atoms with Crippen LogP contribution >= 0.6 is 0 Å². The van der Waals surface area contributed by atoms with Crippen LogP contribution in [0.4, 0.5) is 0 Å². The van der Waals surface area contributed by atoms with Gasteiger partial charge in [0.1, 0.15) is 17.9 Å². The third-order valence-electron chi connectivity index (χ3n) is 5.20. The normalized spacial score (nSPS) is 20.3. The maximum atomic E-state index is 12.6. The number of rotatable bonds is 10. The molecule has 4 atom stereocenters. The molecule has 0 aromatic rings. The average molecular weight is 370 g/mol. The van der Waals surface area contributed by atoms with E-state index in [-0.39, 0.29) is 30.6 Å². The smallest absolute Gasteiger partial charge is 0.249 e. The van der Waals surface area contributed by atoms with Crippen molar-refractivity contribution >= 4 is 17.5 Å².